The number of anilines is 1. The fourth-order valence-electron chi connectivity index (χ4n) is 5.17. The lowest BCUT2D eigenvalue weighted by molar-refractivity contribution is -0.145. The van der Waals surface area contributed by atoms with Crippen molar-refractivity contribution >= 4 is 29.2 Å². The van der Waals surface area contributed by atoms with Crippen LogP contribution in [0.5, 0.6) is 23.0 Å². The number of aliphatic hydroxyl groups is 2. The summed E-state index contributed by atoms with van der Waals surface area (Å²) in [6.07, 6.45) is -0.597. The summed E-state index contributed by atoms with van der Waals surface area (Å²) in [5, 5.41) is 22.8. The van der Waals surface area contributed by atoms with Crippen molar-refractivity contribution in [3.05, 3.63) is 40.3 Å². The Morgan fingerprint density at radius 3 is 2.09 bits per heavy atom. The maximum atomic E-state index is 13.2. The van der Waals surface area contributed by atoms with Crippen molar-refractivity contribution in [1.82, 2.24) is 9.80 Å². The molecule has 4 rings (SSSR count). The molecule has 2 aliphatic rings. The molecule has 2 saturated heterocycles. The van der Waals surface area contributed by atoms with Crippen LogP contribution >= 0.6 is 0 Å². The normalized spacial score (nSPS) is 19.4. The van der Waals surface area contributed by atoms with Crippen LogP contribution in [0.1, 0.15) is 40.0 Å². The number of benzene rings is 2. The Labute approximate surface area is 253 Å². The standard InChI is InChI=1S/C29H36N4O11/c1-40-23-10-18(28(37)33-15-17(35)9-22(33)29(38)42-3)20(30)12-25(23)43-7-4-8-44-26-13-21(31-39)19(11-24(26)41-2)27(36)32-6-5-16(34)14-32/h10-13,16-17,22,34-35H,4-9,14-15,30H2,1-3H3/t16-,17-,22+/m1/s1. The molecule has 0 saturated carbocycles. The van der Waals surface area contributed by atoms with Crippen LogP contribution in [0.25, 0.3) is 0 Å². The van der Waals surface area contributed by atoms with Crippen molar-refractivity contribution in [2.75, 3.05) is 59.9 Å². The molecular weight excluding hydrogens is 580 g/mol. The average Bonchev–Trinajstić information content (AvgIpc) is 3.64. The number of rotatable bonds is 12. The highest BCUT2D eigenvalue weighted by Gasteiger charge is 2.40. The molecule has 3 atom stereocenters. The number of nitrogens with two attached hydrogens (primary N) is 1. The number of carbonyl (C=O) groups excluding carboxylic acids is 3. The second-order valence-corrected chi connectivity index (χ2v) is 10.3. The van der Waals surface area contributed by atoms with Crippen LogP contribution in [0, 0.1) is 4.91 Å². The summed E-state index contributed by atoms with van der Waals surface area (Å²) < 4.78 is 27.1. The predicted octanol–water partition coefficient (Wildman–Crippen LogP) is 1.49. The van der Waals surface area contributed by atoms with Gasteiger partial charge in [0.2, 0.25) is 0 Å². The Hall–Kier alpha value is -4.63. The highest BCUT2D eigenvalue weighted by atomic mass is 16.5. The van der Waals surface area contributed by atoms with E-state index in [1.54, 1.807) is 0 Å². The number of likely N-dealkylation sites (tertiary alicyclic amines) is 2. The first kappa shape index (κ1) is 32.3. The summed E-state index contributed by atoms with van der Waals surface area (Å²) in [6, 6.07) is 4.63. The van der Waals surface area contributed by atoms with Gasteiger partial charge in [0, 0.05) is 50.3 Å². The molecule has 44 heavy (non-hydrogen) atoms. The number of hydrogen-bond donors (Lipinski definition) is 3. The number of β-amino-alcohol motifs (C(OH)–C–C–N with tert-alkyl or cyclic N) is 2. The summed E-state index contributed by atoms with van der Waals surface area (Å²) in [5.74, 6) is -0.683. The quantitative estimate of drug-likeness (QED) is 0.135. The number of esters is 1. The molecule has 2 heterocycles. The zero-order valence-corrected chi connectivity index (χ0v) is 24.7. The Morgan fingerprint density at radius 2 is 1.52 bits per heavy atom. The Morgan fingerprint density at radius 1 is 0.886 bits per heavy atom. The fraction of sp³-hybridized carbons (Fsp3) is 0.483. The van der Waals surface area contributed by atoms with Gasteiger partial charge in [0.05, 0.1) is 57.9 Å². The third-order valence-corrected chi connectivity index (χ3v) is 7.44. The number of methoxy groups -OCH3 is 3. The average molecular weight is 617 g/mol. The SMILES string of the molecule is COC(=O)[C@@H]1C[C@@H](O)CN1C(=O)c1cc(OC)c(OCCCOc2cc(N=O)c(C(=O)N3CC[C@@H](O)C3)cc2OC)cc1N. The number of nitroso groups, excluding NO2 is 1. The maximum absolute atomic E-state index is 13.2. The lowest BCUT2D eigenvalue weighted by Crippen LogP contribution is -2.41. The second-order valence-electron chi connectivity index (χ2n) is 10.3. The highest BCUT2D eigenvalue weighted by molar-refractivity contribution is 6.02. The van der Waals surface area contributed by atoms with Gasteiger partial charge >= 0.3 is 5.97 Å². The van der Waals surface area contributed by atoms with Gasteiger partial charge in [-0.15, -0.1) is 4.91 Å². The second kappa shape index (κ2) is 14.2. The highest BCUT2D eigenvalue weighted by Crippen LogP contribution is 2.37. The number of aliphatic hydroxyl groups excluding tert-OH is 2. The molecule has 2 amide bonds. The van der Waals surface area contributed by atoms with Crippen LogP contribution in [0.3, 0.4) is 0 Å². The number of amides is 2. The predicted molar refractivity (Wildman–Crippen MR) is 155 cm³/mol. The van der Waals surface area contributed by atoms with Crippen LogP contribution in [-0.2, 0) is 9.53 Å². The van der Waals surface area contributed by atoms with E-state index in [0.717, 1.165) is 0 Å². The van der Waals surface area contributed by atoms with E-state index in [1.807, 2.05) is 0 Å². The Bertz CT molecular complexity index is 1400. The first-order valence-electron chi connectivity index (χ1n) is 13.9. The van der Waals surface area contributed by atoms with Gasteiger partial charge < -0.3 is 49.4 Å². The molecule has 2 fully saturated rings. The molecule has 2 aromatic carbocycles. The fourth-order valence-corrected chi connectivity index (χ4v) is 5.17. The van der Waals surface area contributed by atoms with E-state index < -0.39 is 36.0 Å². The third-order valence-electron chi connectivity index (χ3n) is 7.44. The lowest BCUT2D eigenvalue weighted by Gasteiger charge is -2.23. The molecule has 0 aromatic heterocycles. The minimum atomic E-state index is -0.934. The van der Waals surface area contributed by atoms with Gasteiger partial charge in [-0.2, -0.15) is 0 Å². The largest absolute Gasteiger partial charge is 0.493 e. The number of ether oxygens (including phenoxy) is 5. The lowest BCUT2D eigenvalue weighted by atomic mass is 10.1. The van der Waals surface area contributed by atoms with Crippen molar-refractivity contribution in [3.8, 4) is 23.0 Å². The van der Waals surface area contributed by atoms with Crippen LogP contribution in [0.2, 0.25) is 0 Å². The summed E-state index contributed by atoms with van der Waals surface area (Å²) in [5.41, 5.74) is 6.28. The molecule has 0 bridgehead atoms. The van der Waals surface area contributed by atoms with Crippen LogP contribution in [0.15, 0.2) is 29.4 Å². The van der Waals surface area contributed by atoms with Gasteiger partial charge in [-0.3, -0.25) is 9.59 Å². The van der Waals surface area contributed by atoms with Crippen molar-refractivity contribution in [3.63, 3.8) is 0 Å². The van der Waals surface area contributed by atoms with Gasteiger partial charge in [0.1, 0.15) is 11.7 Å². The minimum Gasteiger partial charge on any atom is -0.493 e. The van der Waals surface area contributed by atoms with Crippen molar-refractivity contribution in [2.24, 2.45) is 5.18 Å². The molecule has 2 aliphatic heterocycles. The monoisotopic (exact) mass is 616 g/mol. The van der Waals surface area contributed by atoms with Gasteiger partial charge in [0.15, 0.2) is 23.0 Å². The molecule has 0 spiro atoms. The summed E-state index contributed by atoms with van der Waals surface area (Å²) in [6.45, 7) is 0.787. The molecule has 0 aliphatic carbocycles. The zero-order valence-electron chi connectivity index (χ0n) is 24.7. The molecule has 0 radical (unpaired) electrons. The molecule has 15 heteroatoms. The summed E-state index contributed by atoms with van der Waals surface area (Å²) in [7, 11) is 4.01. The molecule has 2 aromatic rings. The third kappa shape index (κ3) is 6.94. The summed E-state index contributed by atoms with van der Waals surface area (Å²) in [4.78, 5) is 52.5. The molecule has 15 nitrogen and oxygen atoms in total. The molecular formula is C29H36N4O11. The number of carbonyl (C=O) groups is 3. The van der Waals surface area contributed by atoms with Crippen LogP contribution < -0.4 is 24.7 Å². The number of nitrogens with zero attached hydrogens (tertiary/aromatic N) is 3. The van der Waals surface area contributed by atoms with E-state index in [1.165, 1.54) is 55.4 Å². The molecule has 238 valence electrons. The van der Waals surface area contributed by atoms with E-state index in [-0.39, 0.29) is 78.2 Å². The zero-order chi connectivity index (χ0) is 32.0. The van der Waals surface area contributed by atoms with E-state index in [9.17, 15) is 29.5 Å². The number of hydrogen-bond acceptors (Lipinski definition) is 13. The smallest absolute Gasteiger partial charge is 0.328 e. The molecule has 0 unspecified atom stereocenters. The minimum absolute atomic E-state index is 0.0462. The van der Waals surface area contributed by atoms with E-state index in [0.29, 0.717) is 19.4 Å². The Balaban J connectivity index is 1.38. The van der Waals surface area contributed by atoms with Gasteiger partial charge in [-0.05, 0) is 23.7 Å². The van der Waals surface area contributed by atoms with Crippen LogP contribution in [-0.4, -0.2) is 110 Å². The molecule has 4 N–H and O–H groups in total. The van der Waals surface area contributed by atoms with E-state index >= 15 is 0 Å². The van der Waals surface area contributed by atoms with Crippen molar-refractivity contribution in [2.45, 2.75) is 37.5 Å². The Kier molecular flexibility index (Phi) is 10.4. The van der Waals surface area contributed by atoms with Crippen molar-refractivity contribution < 1.29 is 48.3 Å². The van der Waals surface area contributed by atoms with E-state index in [2.05, 4.69) is 5.18 Å². The number of nitrogen functional groups attached to an aromatic ring is 1. The summed E-state index contributed by atoms with van der Waals surface area (Å²) >= 11 is 0. The van der Waals surface area contributed by atoms with Crippen molar-refractivity contribution in [1.29, 1.82) is 0 Å². The maximum Gasteiger partial charge on any atom is 0.328 e. The van der Waals surface area contributed by atoms with Gasteiger partial charge in [-0.25, -0.2) is 4.79 Å². The first-order valence-corrected chi connectivity index (χ1v) is 13.9. The first-order chi connectivity index (χ1) is 21.1. The van der Waals surface area contributed by atoms with Crippen LogP contribution in [0.4, 0.5) is 11.4 Å². The van der Waals surface area contributed by atoms with E-state index in [4.69, 9.17) is 29.4 Å². The topological polar surface area (TPSA) is 200 Å². The van der Waals surface area contributed by atoms with Gasteiger partial charge in [0.25, 0.3) is 11.8 Å². The van der Waals surface area contributed by atoms with Gasteiger partial charge in [-0.1, -0.05) is 0 Å².